The van der Waals surface area contributed by atoms with E-state index in [1.54, 1.807) is 12.4 Å². The maximum Gasteiger partial charge on any atom is 0.253 e. The molecule has 146 valence electrons. The second-order valence-corrected chi connectivity index (χ2v) is 8.19. The summed E-state index contributed by atoms with van der Waals surface area (Å²) in [6.07, 6.45) is 4.96. The van der Waals surface area contributed by atoms with Gasteiger partial charge in [0.25, 0.3) is 5.91 Å². The third-order valence-electron chi connectivity index (χ3n) is 5.36. The highest BCUT2D eigenvalue weighted by atomic mass is 32.2. The van der Waals surface area contributed by atoms with Crippen LogP contribution in [0.5, 0.6) is 0 Å². The van der Waals surface area contributed by atoms with Gasteiger partial charge in [-0.2, -0.15) is 0 Å². The van der Waals surface area contributed by atoms with E-state index >= 15 is 0 Å². The van der Waals surface area contributed by atoms with Crippen LogP contribution in [-0.2, 0) is 14.3 Å². The molecule has 0 atom stereocenters. The van der Waals surface area contributed by atoms with Crippen molar-refractivity contribution >= 4 is 29.3 Å². The van der Waals surface area contributed by atoms with Crippen molar-refractivity contribution in [3.8, 4) is 0 Å². The Kier molecular flexibility index (Phi) is 5.64. The number of pyridine rings is 1. The number of benzene rings is 1. The van der Waals surface area contributed by atoms with E-state index in [-0.39, 0.29) is 24.0 Å². The lowest BCUT2D eigenvalue weighted by Gasteiger charge is -2.47. The smallest absolute Gasteiger partial charge is 0.253 e. The normalized spacial score (nSPS) is 19.1. The first kappa shape index (κ1) is 19.0. The molecule has 0 bridgehead atoms. The van der Waals surface area contributed by atoms with Gasteiger partial charge in [0.2, 0.25) is 5.91 Å². The quantitative estimate of drug-likeness (QED) is 0.742. The summed E-state index contributed by atoms with van der Waals surface area (Å²) in [6, 6.07) is 13.5. The van der Waals surface area contributed by atoms with Gasteiger partial charge in [-0.1, -0.05) is 18.2 Å². The fraction of sp³-hybridized carbons (Fsp3) is 0.381. The third kappa shape index (κ3) is 4.20. The van der Waals surface area contributed by atoms with Gasteiger partial charge in [0.1, 0.15) is 6.61 Å². The molecule has 2 fully saturated rings. The van der Waals surface area contributed by atoms with E-state index in [1.807, 2.05) is 52.3 Å². The van der Waals surface area contributed by atoms with Gasteiger partial charge in [-0.15, -0.1) is 11.8 Å². The van der Waals surface area contributed by atoms with Crippen molar-refractivity contribution < 1.29 is 14.3 Å². The highest BCUT2D eigenvalue weighted by Crippen LogP contribution is 2.33. The minimum atomic E-state index is -0.362. The van der Waals surface area contributed by atoms with E-state index in [4.69, 9.17) is 4.74 Å². The number of anilines is 1. The summed E-state index contributed by atoms with van der Waals surface area (Å²) in [6.45, 7) is 1.96. The molecule has 0 aliphatic carbocycles. The van der Waals surface area contributed by atoms with Gasteiger partial charge in [0, 0.05) is 36.1 Å². The summed E-state index contributed by atoms with van der Waals surface area (Å²) in [4.78, 5) is 33.7. The van der Waals surface area contributed by atoms with E-state index in [1.165, 1.54) is 11.8 Å². The van der Waals surface area contributed by atoms with Gasteiger partial charge in [-0.05, 0) is 37.1 Å². The molecule has 1 spiro atoms. The first-order valence-electron chi connectivity index (χ1n) is 9.45. The number of nitrogens with zero attached hydrogens (tertiary/aromatic N) is 3. The van der Waals surface area contributed by atoms with Crippen LogP contribution < -0.4 is 4.90 Å². The number of rotatable bonds is 4. The molecule has 0 N–H and O–H groups in total. The summed E-state index contributed by atoms with van der Waals surface area (Å²) >= 11 is 1.53. The minimum Gasteiger partial charge on any atom is -0.363 e. The molecule has 0 radical (unpaired) electrons. The minimum absolute atomic E-state index is 0.0101. The lowest BCUT2D eigenvalue weighted by atomic mass is 9.89. The van der Waals surface area contributed by atoms with Gasteiger partial charge >= 0.3 is 0 Å². The van der Waals surface area contributed by atoms with E-state index in [9.17, 15) is 9.59 Å². The van der Waals surface area contributed by atoms with Crippen LogP contribution in [0.1, 0.15) is 12.8 Å². The number of morpholine rings is 1. The molecule has 0 saturated carbocycles. The number of ether oxygens (including phenoxy) is 1. The van der Waals surface area contributed by atoms with Gasteiger partial charge < -0.3 is 14.5 Å². The van der Waals surface area contributed by atoms with Crippen molar-refractivity contribution in [2.24, 2.45) is 0 Å². The highest BCUT2D eigenvalue weighted by molar-refractivity contribution is 8.00. The lowest BCUT2D eigenvalue weighted by Crippen LogP contribution is -2.59. The zero-order valence-corrected chi connectivity index (χ0v) is 16.4. The molecule has 1 aromatic heterocycles. The summed E-state index contributed by atoms with van der Waals surface area (Å²) < 4.78 is 5.99. The average molecular weight is 398 g/mol. The van der Waals surface area contributed by atoms with Crippen LogP contribution in [-0.4, -0.2) is 59.3 Å². The number of hydrogen-bond donors (Lipinski definition) is 0. The Hall–Kier alpha value is -2.38. The summed E-state index contributed by atoms with van der Waals surface area (Å²) in [5, 5.41) is 0. The zero-order valence-electron chi connectivity index (χ0n) is 15.6. The molecule has 4 rings (SSSR count). The largest absolute Gasteiger partial charge is 0.363 e. The predicted molar refractivity (Wildman–Crippen MR) is 108 cm³/mol. The standard InChI is InChI=1S/C21H23N3O3S/c25-19-14-27-21(16-24(19)17-4-2-1-3-5-17)8-12-23(13-9-21)20(26)15-28-18-6-10-22-11-7-18/h1-7,10-11H,8-9,12-16H2. The van der Waals surface area contributed by atoms with Crippen molar-refractivity contribution in [1.82, 2.24) is 9.88 Å². The zero-order chi connectivity index (χ0) is 19.4. The van der Waals surface area contributed by atoms with Crippen molar-refractivity contribution in [3.63, 3.8) is 0 Å². The van der Waals surface area contributed by atoms with E-state index in [0.717, 1.165) is 23.4 Å². The molecule has 2 aliphatic rings. The number of thioether (sulfide) groups is 1. The number of likely N-dealkylation sites (tertiary alicyclic amines) is 1. The third-order valence-corrected chi connectivity index (χ3v) is 6.35. The predicted octanol–water partition coefficient (Wildman–Crippen LogP) is 2.60. The number of aromatic nitrogens is 1. The molecule has 2 saturated heterocycles. The first-order valence-corrected chi connectivity index (χ1v) is 10.4. The number of amides is 2. The second kappa shape index (κ2) is 8.32. The van der Waals surface area contributed by atoms with Crippen LogP contribution >= 0.6 is 11.8 Å². The monoisotopic (exact) mass is 397 g/mol. The van der Waals surface area contributed by atoms with Crippen molar-refractivity contribution in [3.05, 3.63) is 54.9 Å². The maximum absolute atomic E-state index is 12.6. The Morgan fingerprint density at radius 2 is 1.82 bits per heavy atom. The van der Waals surface area contributed by atoms with Crippen LogP contribution in [0.15, 0.2) is 59.8 Å². The van der Waals surface area contributed by atoms with Gasteiger partial charge in [0.15, 0.2) is 0 Å². The summed E-state index contributed by atoms with van der Waals surface area (Å²) in [5.41, 5.74) is 0.543. The highest BCUT2D eigenvalue weighted by Gasteiger charge is 2.43. The van der Waals surface area contributed by atoms with E-state index in [0.29, 0.717) is 25.4 Å². The molecular formula is C21H23N3O3S. The number of carbonyl (C=O) groups is 2. The van der Waals surface area contributed by atoms with E-state index in [2.05, 4.69) is 4.98 Å². The Morgan fingerprint density at radius 3 is 2.54 bits per heavy atom. The van der Waals surface area contributed by atoms with Crippen LogP contribution in [0.3, 0.4) is 0 Å². The fourth-order valence-corrected chi connectivity index (χ4v) is 4.48. The molecule has 6 nitrogen and oxygen atoms in total. The molecule has 2 aliphatic heterocycles. The Morgan fingerprint density at radius 1 is 1.11 bits per heavy atom. The van der Waals surface area contributed by atoms with Crippen LogP contribution in [0.2, 0.25) is 0 Å². The van der Waals surface area contributed by atoms with E-state index < -0.39 is 0 Å². The summed E-state index contributed by atoms with van der Waals surface area (Å²) in [7, 11) is 0. The molecule has 2 amide bonds. The average Bonchev–Trinajstić information content (AvgIpc) is 2.76. The number of para-hydroxylation sites is 1. The number of carbonyl (C=O) groups excluding carboxylic acids is 2. The second-order valence-electron chi connectivity index (χ2n) is 7.14. The summed E-state index contributed by atoms with van der Waals surface area (Å²) in [5.74, 6) is 0.555. The molecular weight excluding hydrogens is 374 g/mol. The van der Waals surface area contributed by atoms with Crippen molar-refractivity contribution in [2.75, 3.05) is 36.9 Å². The Balaban J connectivity index is 1.34. The van der Waals surface area contributed by atoms with Crippen LogP contribution in [0.4, 0.5) is 5.69 Å². The molecule has 28 heavy (non-hydrogen) atoms. The number of hydrogen-bond acceptors (Lipinski definition) is 5. The van der Waals surface area contributed by atoms with Crippen molar-refractivity contribution in [2.45, 2.75) is 23.3 Å². The molecule has 0 unspecified atom stereocenters. The van der Waals surface area contributed by atoms with Crippen LogP contribution in [0.25, 0.3) is 0 Å². The van der Waals surface area contributed by atoms with Crippen molar-refractivity contribution in [1.29, 1.82) is 0 Å². The lowest BCUT2D eigenvalue weighted by molar-refractivity contribution is -0.149. The molecule has 3 heterocycles. The Bertz CT molecular complexity index is 823. The SMILES string of the molecule is O=C(CSc1ccncc1)N1CCC2(CC1)CN(c1ccccc1)C(=O)CO2. The topological polar surface area (TPSA) is 62.7 Å². The van der Waals surface area contributed by atoms with Gasteiger partial charge in [-0.25, -0.2) is 0 Å². The number of piperidine rings is 1. The molecule has 7 heteroatoms. The van der Waals surface area contributed by atoms with Gasteiger partial charge in [-0.3, -0.25) is 14.6 Å². The maximum atomic E-state index is 12.6. The fourth-order valence-electron chi connectivity index (χ4n) is 3.69. The molecule has 1 aromatic carbocycles. The first-order chi connectivity index (χ1) is 13.7. The van der Waals surface area contributed by atoms with Gasteiger partial charge in [0.05, 0.1) is 17.9 Å². The Labute approximate surface area is 168 Å². The molecule has 2 aromatic rings. The van der Waals surface area contributed by atoms with Crippen LogP contribution in [0, 0.1) is 0 Å².